The third-order valence-electron chi connectivity index (χ3n) is 3.23. The van der Waals surface area contributed by atoms with Crippen LogP contribution in [-0.2, 0) is 4.74 Å². The molecule has 3 nitrogen and oxygen atoms in total. The number of epoxide rings is 1. The van der Waals surface area contributed by atoms with E-state index in [1.165, 1.54) is 0 Å². The SMILES string of the molecule is CCOc1ccccc1O[C@@H](c1ccccc1)C1CO1. The van der Waals surface area contributed by atoms with Crippen LogP contribution in [0.1, 0.15) is 18.6 Å². The average molecular weight is 270 g/mol. The van der Waals surface area contributed by atoms with Crippen molar-refractivity contribution < 1.29 is 14.2 Å². The molecular formula is C17H18O3. The third-order valence-corrected chi connectivity index (χ3v) is 3.23. The Hall–Kier alpha value is -2.00. The van der Waals surface area contributed by atoms with E-state index in [0.717, 1.165) is 23.7 Å². The molecule has 2 aromatic carbocycles. The summed E-state index contributed by atoms with van der Waals surface area (Å²) in [5, 5.41) is 0. The van der Waals surface area contributed by atoms with Gasteiger partial charge in [0, 0.05) is 0 Å². The summed E-state index contributed by atoms with van der Waals surface area (Å²) in [5.74, 6) is 1.54. The van der Waals surface area contributed by atoms with E-state index in [1.807, 2.05) is 49.4 Å². The molecule has 3 heteroatoms. The Morgan fingerprint density at radius 3 is 2.35 bits per heavy atom. The van der Waals surface area contributed by atoms with Crippen molar-refractivity contribution in [2.24, 2.45) is 0 Å². The summed E-state index contributed by atoms with van der Waals surface area (Å²) in [6.07, 6.45) is 0.0462. The topological polar surface area (TPSA) is 31.0 Å². The van der Waals surface area contributed by atoms with Crippen molar-refractivity contribution in [2.75, 3.05) is 13.2 Å². The van der Waals surface area contributed by atoms with Crippen molar-refractivity contribution in [1.82, 2.24) is 0 Å². The largest absolute Gasteiger partial charge is 0.490 e. The maximum absolute atomic E-state index is 6.16. The molecule has 1 aliphatic rings. The highest BCUT2D eigenvalue weighted by Crippen LogP contribution is 2.36. The second-order valence-electron chi connectivity index (χ2n) is 4.70. The highest BCUT2D eigenvalue weighted by Gasteiger charge is 2.36. The van der Waals surface area contributed by atoms with E-state index in [1.54, 1.807) is 0 Å². The Morgan fingerprint density at radius 2 is 1.70 bits per heavy atom. The van der Waals surface area contributed by atoms with Crippen molar-refractivity contribution in [3.63, 3.8) is 0 Å². The number of rotatable bonds is 6. The van der Waals surface area contributed by atoms with Gasteiger partial charge in [-0.25, -0.2) is 0 Å². The molecule has 104 valence electrons. The lowest BCUT2D eigenvalue weighted by atomic mass is 10.1. The molecule has 0 amide bonds. The fraction of sp³-hybridized carbons (Fsp3) is 0.294. The second kappa shape index (κ2) is 5.97. The van der Waals surface area contributed by atoms with Gasteiger partial charge in [-0.05, 0) is 24.6 Å². The number of hydrogen-bond donors (Lipinski definition) is 0. The molecular weight excluding hydrogens is 252 g/mol. The van der Waals surface area contributed by atoms with E-state index in [9.17, 15) is 0 Å². The van der Waals surface area contributed by atoms with Gasteiger partial charge >= 0.3 is 0 Å². The quantitative estimate of drug-likeness (QED) is 0.751. The minimum absolute atomic E-state index is 0.0854. The molecule has 1 aliphatic heterocycles. The lowest BCUT2D eigenvalue weighted by molar-refractivity contribution is 0.154. The van der Waals surface area contributed by atoms with Crippen LogP contribution in [-0.4, -0.2) is 19.3 Å². The minimum atomic E-state index is -0.0854. The maximum atomic E-state index is 6.16. The van der Waals surface area contributed by atoms with Gasteiger partial charge in [-0.2, -0.15) is 0 Å². The molecule has 0 N–H and O–H groups in total. The molecule has 1 fully saturated rings. The fourth-order valence-corrected chi connectivity index (χ4v) is 2.19. The van der Waals surface area contributed by atoms with Gasteiger partial charge in [0.2, 0.25) is 0 Å². The van der Waals surface area contributed by atoms with E-state index in [4.69, 9.17) is 14.2 Å². The van der Waals surface area contributed by atoms with Crippen LogP contribution in [0.4, 0.5) is 0 Å². The summed E-state index contributed by atoms with van der Waals surface area (Å²) in [7, 11) is 0. The van der Waals surface area contributed by atoms with Crippen LogP contribution in [0.5, 0.6) is 11.5 Å². The van der Waals surface area contributed by atoms with Gasteiger partial charge in [0.05, 0.1) is 13.2 Å². The molecule has 1 unspecified atom stereocenters. The van der Waals surface area contributed by atoms with E-state index >= 15 is 0 Å². The van der Waals surface area contributed by atoms with Crippen LogP contribution in [0, 0.1) is 0 Å². The summed E-state index contributed by atoms with van der Waals surface area (Å²) in [6, 6.07) is 17.9. The summed E-state index contributed by atoms with van der Waals surface area (Å²) >= 11 is 0. The lowest BCUT2D eigenvalue weighted by Gasteiger charge is -2.19. The molecule has 2 aromatic rings. The van der Waals surface area contributed by atoms with Gasteiger partial charge in [-0.1, -0.05) is 42.5 Å². The van der Waals surface area contributed by atoms with E-state index < -0.39 is 0 Å². The standard InChI is InChI=1S/C17H18O3/c1-2-18-14-10-6-7-11-15(14)20-17(16-12-19-16)13-8-4-3-5-9-13/h3-11,16-17H,2,12H2,1H3/t16?,17-/m0/s1. The lowest BCUT2D eigenvalue weighted by Crippen LogP contribution is -2.14. The smallest absolute Gasteiger partial charge is 0.162 e. The van der Waals surface area contributed by atoms with Crippen LogP contribution >= 0.6 is 0 Å². The molecule has 20 heavy (non-hydrogen) atoms. The number of benzene rings is 2. The minimum Gasteiger partial charge on any atom is -0.490 e. The van der Waals surface area contributed by atoms with Gasteiger partial charge in [-0.3, -0.25) is 0 Å². The number of para-hydroxylation sites is 2. The van der Waals surface area contributed by atoms with Crippen molar-refractivity contribution >= 4 is 0 Å². The molecule has 0 spiro atoms. The van der Waals surface area contributed by atoms with E-state index in [0.29, 0.717) is 6.61 Å². The first-order valence-corrected chi connectivity index (χ1v) is 6.93. The molecule has 0 radical (unpaired) electrons. The second-order valence-corrected chi connectivity index (χ2v) is 4.70. The summed E-state index contributed by atoms with van der Waals surface area (Å²) in [5.41, 5.74) is 1.13. The van der Waals surface area contributed by atoms with E-state index in [-0.39, 0.29) is 12.2 Å². The normalized spacial score (nSPS) is 18.4. The molecule has 1 heterocycles. The molecule has 0 aliphatic carbocycles. The van der Waals surface area contributed by atoms with Crippen LogP contribution in [0.2, 0.25) is 0 Å². The Kier molecular flexibility index (Phi) is 3.88. The van der Waals surface area contributed by atoms with Crippen LogP contribution < -0.4 is 9.47 Å². The zero-order valence-electron chi connectivity index (χ0n) is 11.5. The number of ether oxygens (including phenoxy) is 3. The predicted molar refractivity (Wildman–Crippen MR) is 77.2 cm³/mol. The zero-order chi connectivity index (χ0) is 13.8. The molecule has 0 bridgehead atoms. The first kappa shape index (κ1) is 13.0. The zero-order valence-corrected chi connectivity index (χ0v) is 11.5. The summed E-state index contributed by atoms with van der Waals surface area (Å²) in [6.45, 7) is 3.34. The van der Waals surface area contributed by atoms with Gasteiger partial charge < -0.3 is 14.2 Å². The van der Waals surface area contributed by atoms with Gasteiger partial charge in [0.25, 0.3) is 0 Å². The predicted octanol–water partition coefficient (Wildman–Crippen LogP) is 3.60. The van der Waals surface area contributed by atoms with Gasteiger partial charge in [0.1, 0.15) is 6.10 Å². The molecule has 1 saturated heterocycles. The van der Waals surface area contributed by atoms with Gasteiger partial charge in [-0.15, -0.1) is 0 Å². The van der Waals surface area contributed by atoms with Crippen molar-refractivity contribution in [3.8, 4) is 11.5 Å². The molecule has 3 rings (SSSR count). The van der Waals surface area contributed by atoms with Crippen molar-refractivity contribution in [3.05, 3.63) is 60.2 Å². The Labute approximate surface area is 119 Å². The Balaban J connectivity index is 1.84. The number of hydrogen-bond acceptors (Lipinski definition) is 3. The Morgan fingerprint density at radius 1 is 1.05 bits per heavy atom. The first-order chi connectivity index (χ1) is 9.88. The fourth-order valence-electron chi connectivity index (χ4n) is 2.19. The highest BCUT2D eigenvalue weighted by atomic mass is 16.6. The third kappa shape index (κ3) is 2.94. The Bertz CT molecular complexity index is 549. The summed E-state index contributed by atoms with van der Waals surface area (Å²) < 4.78 is 17.2. The van der Waals surface area contributed by atoms with Crippen molar-refractivity contribution in [2.45, 2.75) is 19.1 Å². The highest BCUT2D eigenvalue weighted by molar-refractivity contribution is 5.40. The van der Waals surface area contributed by atoms with Crippen molar-refractivity contribution in [1.29, 1.82) is 0 Å². The molecule has 0 aromatic heterocycles. The monoisotopic (exact) mass is 270 g/mol. The van der Waals surface area contributed by atoms with Crippen LogP contribution in [0.3, 0.4) is 0 Å². The van der Waals surface area contributed by atoms with Crippen LogP contribution in [0.25, 0.3) is 0 Å². The summed E-state index contributed by atoms with van der Waals surface area (Å²) in [4.78, 5) is 0. The first-order valence-electron chi connectivity index (χ1n) is 6.93. The van der Waals surface area contributed by atoms with Gasteiger partial charge in [0.15, 0.2) is 17.6 Å². The average Bonchev–Trinajstić information content (AvgIpc) is 3.32. The maximum Gasteiger partial charge on any atom is 0.162 e. The molecule has 0 saturated carbocycles. The molecule has 2 atom stereocenters. The van der Waals surface area contributed by atoms with Crippen LogP contribution in [0.15, 0.2) is 54.6 Å². The van der Waals surface area contributed by atoms with E-state index in [2.05, 4.69) is 12.1 Å².